The van der Waals surface area contributed by atoms with Crippen LogP contribution in [0.4, 0.5) is 0 Å². The van der Waals surface area contributed by atoms with Crippen molar-refractivity contribution < 1.29 is 9.53 Å². The molecule has 1 aliphatic carbocycles. The van der Waals surface area contributed by atoms with E-state index in [1.54, 1.807) is 0 Å². The molecule has 3 fully saturated rings. The number of fused-ring (bicyclic) bond motifs is 1. The average Bonchev–Trinajstić information content (AvgIpc) is 3.00. The van der Waals surface area contributed by atoms with Crippen LogP contribution in [0.2, 0.25) is 0 Å². The normalized spacial score (nSPS) is 36.4. The predicted octanol–water partition coefficient (Wildman–Crippen LogP) is 2.31. The summed E-state index contributed by atoms with van der Waals surface area (Å²) >= 11 is 0. The van der Waals surface area contributed by atoms with Crippen LogP contribution in [0, 0.1) is 11.3 Å². The van der Waals surface area contributed by atoms with Crippen LogP contribution in [0.5, 0.6) is 0 Å². The number of hydrogen-bond donors (Lipinski definition) is 1. The molecule has 2 saturated heterocycles. The Balaban J connectivity index is 0.00000156. The maximum atomic E-state index is 13.2. The number of likely N-dealkylation sites (N-methyl/N-ethyl adjacent to an activating group) is 2. The fourth-order valence-corrected chi connectivity index (χ4v) is 5.24. The van der Waals surface area contributed by atoms with Crippen molar-refractivity contribution >= 4 is 30.7 Å². The van der Waals surface area contributed by atoms with Crippen LogP contribution < -0.4 is 5.73 Å². The van der Waals surface area contributed by atoms with Gasteiger partial charge in [0.2, 0.25) is 5.91 Å². The lowest BCUT2D eigenvalue weighted by Gasteiger charge is -2.65. The van der Waals surface area contributed by atoms with Gasteiger partial charge in [-0.15, -0.1) is 24.8 Å². The Bertz CT molecular complexity index is 477. The second kappa shape index (κ2) is 8.30. The third kappa shape index (κ3) is 3.43. The van der Waals surface area contributed by atoms with Gasteiger partial charge in [0, 0.05) is 37.6 Å². The van der Waals surface area contributed by atoms with E-state index in [1.807, 2.05) is 11.9 Å². The van der Waals surface area contributed by atoms with Crippen LogP contribution in [-0.2, 0) is 9.53 Å². The first kappa shape index (κ1) is 23.0. The molecule has 3 aliphatic rings. The number of ether oxygens (including phenoxy) is 1. The quantitative estimate of drug-likeness (QED) is 0.792. The molecular formula is C18H35Cl2N3O2. The van der Waals surface area contributed by atoms with Gasteiger partial charge >= 0.3 is 0 Å². The molecular weight excluding hydrogens is 361 g/mol. The fourth-order valence-electron chi connectivity index (χ4n) is 5.24. The molecule has 0 bridgehead atoms. The first-order valence-corrected chi connectivity index (χ1v) is 9.24. The Morgan fingerprint density at radius 2 is 1.96 bits per heavy atom. The summed E-state index contributed by atoms with van der Waals surface area (Å²) in [6.45, 7) is 10.2. The van der Waals surface area contributed by atoms with Crippen molar-refractivity contribution in [3.05, 3.63) is 0 Å². The van der Waals surface area contributed by atoms with E-state index in [0.717, 1.165) is 39.1 Å². The SMILES string of the molecule is CCN1CCCC1CN(C)C(=O)C1(N)C2CCCOC2C1(C)C.Cl.Cl. The van der Waals surface area contributed by atoms with Crippen molar-refractivity contribution in [1.29, 1.82) is 0 Å². The Morgan fingerprint density at radius 3 is 2.60 bits per heavy atom. The first-order chi connectivity index (χ1) is 10.8. The lowest BCUT2D eigenvalue weighted by Crippen LogP contribution is -2.82. The zero-order valence-electron chi connectivity index (χ0n) is 16.0. The van der Waals surface area contributed by atoms with Gasteiger partial charge in [0.15, 0.2) is 0 Å². The van der Waals surface area contributed by atoms with Crippen LogP contribution in [0.3, 0.4) is 0 Å². The van der Waals surface area contributed by atoms with Crippen molar-refractivity contribution in [3.63, 3.8) is 0 Å². The number of amides is 1. The highest BCUT2D eigenvalue weighted by Gasteiger charge is 2.70. The van der Waals surface area contributed by atoms with Crippen molar-refractivity contribution in [2.24, 2.45) is 17.1 Å². The van der Waals surface area contributed by atoms with E-state index in [0.29, 0.717) is 6.04 Å². The van der Waals surface area contributed by atoms with Crippen LogP contribution in [0.15, 0.2) is 0 Å². The highest BCUT2D eigenvalue weighted by atomic mass is 35.5. The van der Waals surface area contributed by atoms with Gasteiger partial charge in [-0.3, -0.25) is 9.69 Å². The lowest BCUT2D eigenvalue weighted by molar-refractivity contribution is -0.229. The Hall–Kier alpha value is -0.0700. The van der Waals surface area contributed by atoms with E-state index in [9.17, 15) is 4.79 Å². The number of rotatable bonds is 4. The van der Waals surface area contributed by atoms with E-state index in [1.165, 1.54) is 12.8 Å². The van der Waals surface area contributed by atoms with Crippen molar-refractivity contribution in [2.75, 3.05) is 33.3 Å². The van der Waals surface area contributed by atoms with E-state index in [2.05, 4.69) is 25.7 Å². The second-order valence-corrected chi connectivity index (χ2v) is 8.24. The number of carbonyl (C=O) groups excluding carboxylic acids is 1. The maximum Gasteiger partial charge on any atom is 0.243 e. The molecule has 2 aliphatic heterocycles. The molecule has 2 heterocycles. The van der Waals surface area contributed by atoms with Crippen molar-refractivity contribution in [3.8, 4) is 0 Å². The summed E-state index contributed by atoms with van der Waals surface area (Å²) in [5.74, 6) is 0.282. The number of likely N-dealkylation sites (tertiary alicyclic amines) is 1. The summed E-state index contributed by atoms with van der Waals surface area (Å²) in [5, 5.41) is 0. The highest BCUT2D eigenvalue weighted by Crippen LogP contribution is 2.57. The number of halogens is 2. The minimum Gasteiger partial charge on any atom is -0.377 e. The summed E-state index contributed by atoms with van der Waals surface area (Å²) in [7, 11) is 1.93. The molecule has 3 rings (SSSR count). The van der Waals surface area contributed by atoms with Crippen LogP contribution in [0.1, 0.15) is 46.5 Å². The number of nitrogens with two attached hydrogens (primary N) is 1. The molecule has 0 spiro atoms. The van der Waals surface area contributed by atoms with Gasteiger partial charge in [0.25, 0.3) is 0 Å². The van der Waals surface area contributed by atoms with E-state index in [4.69, 9.17) is 10.5 Å². The third-order valence-electron chi connectivity index (χ3n) is 6.78. The standard InChI is InChI=1S/C18H33N3O2.2ClH/c1-5-21-10-6-8-13(21)12-20(4)16(22)18(19)14-9-7-11-23-15(14)17(18,2)3;;/h13-15H,5-12,19H2,1-4H3;2*1H. The maximum absolute atomic E-state index is 13.2. The molecule has 7 heteroatoms. The smallest absolute Gasteiger partial charge is 0.243 e. The van der Waals surface area contributed by atoms with E-state index >= 15 is 0 Å². The minimum absolute atomic E-state index is 0. The number of hydrogen-bond acceptors (Lipinski definition) is 4. The monoisotopic (exact) mass is 395 g/mol. The molecule has 0 aromatic heterocycles. The molecule has 2 N–H and O–H groups in total. The van der Waals surface area contributed by atoms with Gasteiger partial charge in [-0.1, -0.05) is 20.8 Å². The zero-order chi connectivity index (χ0) is 16.8. The second-order valence-electron chi connectivity index (χ2n) is 8.24. The predicted molar refractivity (Wildman–Crippen MR) is 106 cm³/mol. The Labute approximate surface area is 164 Å². The summed E-state index contributed by atoms with van der Waals surface area (Å²) < 4.78 is 5.93. The highest BCUT2D eigenvalue weighted by molar-refractivity contribution is 5.89. The molecule has 4 unspecified atom stereocenters. The largest absolute Gasteiger partial charge is 0.377 e. The van der Waals surface area contributed by atoms with Gasteiger partial charge in [0.1, 0.15) is 5.54 Å². The topological polar surface area (TPSA) is 58.8 Å². The molecule has 0 radical (unpaired) electrons. The molecule has 1 amide bonds. The zero-order valence-corrected chi connectivity index (χ0v) is 17.6. The molecule has 148 valence electrons. The Morgan fingerprint density at radius 1 is 1.28 bits per heavy atom. The van der Waals surface area contributed by atoms with E-state index < -0.39 is 5.54 Å². The summed E-state index contributed by atoms with van der Waals surface area (Å²) in [4.78, 5) is 17.6. The molecule has 0 aromatic rings. The molecule has 25 heavy (non-hydrogen) atoms. The van der Waals surface area contributed by atoms with Crippen molar-refractivity contribution in [1.82, 2.24) is 9.80 Å². The minimum atomic E-state index is -0.775. The average molecular weight is 396 g/mol. The van der Waals surface area contributed by atoms with Gasteiger partial charge in [-0.25, -0.2) is 0 Å². The first-order valence-electron chi connectivity index (χ1n) is 9.24. The van der Waals surface area contributed by atoms with Crippen LogP contribution in [-0.4, -0.2) is 66.7 Å². The van der Waals surface area contributed by atoms with E-state index in [-0.39, 0.29) is 48.2 Å². The summed E-state index contributed by atoms with van der Waals surface area (Å²) in [6.07, 6.45) is 4.57. The molecule has 4 atom stereocenters. The van der Waals surface area contributed by atoms with Gasteiger partial charge in [-0.2, -0.15) is 0 Å². The van der Waals surface area contributed by atoms with Gasteiger partial charge < -0.3 is 15.4 Å². The number of carbonyl (C=O) groups is 1. The molecule has 1 saturated carbocycles. The van der Waals surface area contributed by atoms with Crippen molar-refractivity contribution in [2.45, 2.75) is 64.1 Å². The summed E-state index contributed by atoms with van der Waals surface area (Å²) in [6, 6.07) is 0.485. The lowest BCUT2D eigenvalue weighted by atomic mass is 9.46. The third-order valence-corrected chi connectivity index (χ3v) is 6.78. The Kier molecular flexibility index (Phi) is 7.63. The van der Waals surface area contributed by atoms with Gasteiger partial charge in [-0.05, 0) is 38.8 Å². The summed E-state index contributed by atoms with van der Waals surface area (Å²) in [5.41, 5.74) is 5.67. The molecule has 0 aromatic carbocycles. The molecule has 5 nitrogen and oxygen atoms in total. The van der Waals surface area contributed by atoms with Crippen LogP contribution in [0.25, 0.3) is 0 Å². The van der Waals surface area contributed by atoms with Crippen LogP contribution >= 0.6 is 24.8 Å². The fraction of sp³-hybridized carbons (Fsp3) is 0.944. The van der Waals surface area contributed by atoms with Gasteiger partial charge in [0.05, 0.1) is 6.10 Å². The number of nitrogens with zero attached hydrogens (tertiary/aromatic N) is 2.